The molecule has 0 bridgehead atoms. The van der Waals surface area contributed by atoms with Crippen molar-refractivity contribution < 1.29 is 13.2 Å². The minimum Gasteiger partial charge on any atom is -0.300 e. The molecule has 0 saturated carbocycles. The summed E-state index contributed by atoms with van der Waals surface area (Å²) in [5, 5.41) is 0. The summed E-state index contributed by atoms with van der Waals surface area (Å²) < 4.78 is 28.2. The number of nitrogens with zero attached hydrogens (tertiary/aromatic N) is 2. The lowest BCUT2D eigenvalue weighted by Gasteiger charge is -2.37. The number of carbonyl (C=O) groups is 1. The van der Waals surface area contributed by atoms with Crippen LogP contribution in [-0.2, 0) is 15.0 Å². The molecule has 2 rings (SSSR count). The molecular formula is C13H24N2O3S. The molecule has 0 spiro atoms. The predicted molar refractivity (Wildman–Crippen MR) is 73.9 cm³/mol. The van der Waals surface area contributed by atoms with E-state index >= 15 is 0 Å². The van der Waals surface area contributed by atoms with Gasteiger partial charge in [-0.1, -0.05) is 6.92 Å². The van der Waals surface area contributed by atoms with Crippen molar-refractivity contribution >= 4 is 16.0 Å². The molecule has 110 valence electrons. The van der Waals surface area contributed by atoms with E-state index in [-0.39, 0.29) is 11.7 Å². The first-order valence-electron chi connectivity index (χ1n) is 7.17. The number of rotatable bonds is 3. The largest absolute Gasteiger partial charge is 0.300 e. The van der Waals surface area contributed by atoms with Gasteiger partial charge in [0.1, 0.15) is 5.78 Å². The Morgan fingerprint density at radius 3 is 2.21 bits per heavy atom. The highest BCUT2D eigenvalue weighted by Crippen LogP contribution is 2.25. The van der Waals surface area contributed by atoms with Crippen molar-refractivity contribution in [3.63, 3.8) is 0 Å². The SMILES string of the molecule is CC(=O)C1CCN(S(=O)(=O)N2CCCC(C)C2)CC1. The van der Waals surface area contributed by atoms with Gasteiger partial charge in [-0.05, 0) is 38.5 Å². The van der Waals surface area contributed by atoms with Gasteiger partial charge in [0.25, 0.3) is 10.2 Å². The summed E-state index contributed by atoms with van der Waals surface area (Å²) in [6.07, 6.45) is 3.39. The quantitative estimate of drug-likeness (QED) is 0.785. The van der Waals surface area contributed by atoms with Crippen LogP contribution in [0.2, 0.25) is 0 Å². The van der Waals surface area contributed by atoms with Gasteiger partial charge in [0.05, 0.1) is 0 Å². The number of hydrogen-bond donors (Lipinski definition) is 0. The Balaban J connectivity index is 1.99. The van der Waals surface area contributed by atoms with E-state index in [0.29, 0.717) is 44.9 Å². The van der Waals surface area contributed by atoms with Gasteiger partial charge in [0, 0.05) is 32.1 Å². The van der Waals surface area contributed by atoms with E-state index in [4.69, 9.17) is 0 Å². The minimum absolute atomic E-state index is 0.0479. The maximum Gasteiger partial charge on any atom is 0.281 e. The average molecular weight is 288 g/mol. The van der Waals surface area contributed by atoms with Gasteiger partial charge in [0.15, 0.2) is 0 Å². The van der Waals surface area contributed by atoms with Crippen LogP contribution in [0.4, 0.5) is 0 Å². The fourth-order valence-electron chi connectivity index (χ4n) is 3.01. The van der Waals surface area contributed by atoms with Crippen LogP contribution in [0.25, 0.3) is 0 Å². The van der Waals surface area contributed by atoms with Crippen molar-refractivity contribution in [2.45, 2.75) is 39.5 Å². The minimum atomic E-state index is -3.31. The Morgan fingerprint density at radius 1 is 1.05 bits per heavy atom. The fraction of sp³-hybridized carbons (Fsp3) is 0.923. The lowest BCUT2D eigenvalue weighted by molar-refractivity contribution is -0.121. The summed E-state index contributed by atoms with van der Waals surface area (Å²) in [6.45, 7) is 5.94. The molecule has 2 aliphatic rings. The van der Waals surface area contributed by atoms with Crippen molar-refractivity contribution in [2.75, 3.05) is 26.2 Å². The van der Waals surface area contributed by atoms with E-state index in [2.05, 4.69) is 6.92 Å². The number of Topliss-reactive ketones (excluding diaryl/α,β-unsaturated/α-hetero) is 1. The van der Waals surface area contributed by atoms with Crippen molar-refractivity contribution in [3.05, 3.63) is 0 Å². The molecule has 0 aromatic rings. The second-order valence-electron chi connectivity index (χ2n) is 5.90. The third kappa shape index (κ3) is 3.35. The first-order valence-corrected chi connectivity index (χ1v) is 8.56. The van der Waals surface area contributed by atoms with Crippen molar-refractivity contribution in [2.24, 2.45) is 11.8 Å². The average Bonchev–Trinajstić information content (AvgIpc) is 2.39. The molecule has 0 aromatic heterocycles. The molecule has 2 aliphatic heterocycles. The first kappa shape index (κ1) is 14.9. The second-order valence-corrected chi connectivity index (χ2v) is 7.83. The van der Waals surface area contributed by atoms with E-state index in [1.54, 1.807) is 15.5 Å². The zero-order valence-corrected chi connectivity index (χ0v) is 12.7. The number of hydrogen-bond acceptors (Lipinski definition) is 3. The molecule has 1 atom stereocenters. The summed E-state index contributed by atoms with van der Waals surface area (Å²) in [4.78, 5) is 11.3. The molecular weight excluding hydrogens is 264 g/mol. The van der Waals surface area contributed by atoms with Crippen molar-refractivity contribution in [1.29, 1.82) is 0 Å². The molecule has 2 fully saturated rings. The van der Waals surface area contributed by atoms with Crippen molar-refractivity contribution in [1.82, 2.24) is 8.61 Å². The number of carbonyl (C=O) groups excluding carboxylic acids is 1. The zero-order chi connectivity index (χ0) is 14.0. The van der Waals surface area contributed by atoms with E-state index in [1.165, 1.54) is 0 Å². The molecule has 0 N–H and O–H groups in total. The molecule has 0 amide bonds. The van der Waals surface area contributed by atoms with Gasteiger partial charge in [-0.15, -0.1) is 0 Å². The molecule has 6 heteroatoms. The van der Waals surface area contributed by atoms with E-state index in [1.807, 2.05) is 0 Å². The normalized spacial score (nSPS) is 28.4. The molecule has 0 aliphatic carbocycles. The molecule has 1 unspecified atom stereocenters. The van der Waals surface area contributed by atoms with Gasteiger partial charge < -0.3 is 0 Å². The topological polar surface area (TPSA) is 57.7 Å². The monoisotopic (exact) mass is 288 g/mol. The van der Waals surface area contributed by atoms with Crippen LogP contribution < -0.4 is 0 Å². The number of ketones is 1. The molecule has 0 radical (unpaired) electrons. The highest BCUT2D eigenvalue weighted by atomic mass is 32.2. The zero-order valence-electron chi connectivity index (χ0n) is 11.8. The summed E-state index contributed by atoms with van der Waals surface area (Å²) in [5.74, 6) is 0.675. The fourth-order valence-corrected chi connectivity index (χ4v) is 4.81. The Morgan fingerprint density at radius 2 is 1.68 bits per heavy atom. The maximum atomic E-state index is 12.5. The van der Waals surface area contributed by atoms with Gasteiger partial charge in [-0.25, -0.2) is 0 Å². The van der Waals surface area contributed by atoms with Crippen LogP contribution in [0.3, 0.4) is 0 Å². The van der Waals surface area contributed by atoms with Gasteiger partial charge in [-0.2, -0.15) is 17.0 Å². The maximum absolute atomic E-state index is 12.5. The Hall–Kier alpha value is -0.460. The van der Waals surface area contributed by atoms with E-state index in [0.717, 1.165) is 12.8 Å². The molecule has 19 heavy (non-hydrogen) atoms. The lowest BCUT2D eigenvalue weighted by Crippen LogP contribution is -2.50. The highest BCUT2D eigenvalue weighted by molar-refractivity contribution is 7.86. The second kappa shape index (κ2) is 5.89. The van der Waals surface area contributed by atoms with Crippen LogP contribution in [-0.4, -0.2) is 49.0 Å². The molecule has 5 nitrogen and oxygen atoms in total. The van der Waals surface area contributed by atoms with Crippen LogP contribution in [0.1, 0.15) is 39.5 Å². The Kier molecular flexibility index (Phi) is 4.63. The summed E-state index contributed by atoms with van der Waals surface area (Å²) in [7, 11) is -3.31. The summed E-state index contributed by atoms with van der Waals surface area (Å²) in [5.41, 5.74) is 0. The van der Waals surface area contributed by atoms with Gasteiger partial charge in [-0.3, -0.25) is 4.79 Å². The molecule has 2 saturated heterocycles. The number of piperidine rings is 2. The third-order valence-corrected chi connectivity index (χ3v) is 6.30. The molecule has 2 heterocycles. The summed E-state index contributed by atoms with van der Waals surface area (Å²) >= 11 is 0. The van der Waals surface area contributed by atoms with E-state index < -0.39 is 10.2 Å². The van der Waals surface area contributed by atoms with Crippen LogP contribution in [0.5, 0.6) is 0 Å². The lowest BCUT2D eigenvalue weighted by atomic mass is 9.95. The standard InChI is InChI=1S/C13H24N2O3S/c1-11-4-3-7-15(10-11)19(17,18)14-8-5-13(6-9-14)12(2)16/h11,13H,3-10H2,1-2H3. The first-order chi connectivity index (χ1) is 8.91. The summed E-state index contributed by atoms with van der Waals surface area (Å²) in [6, 6.07) is 0. The molecule has 0 aromatic carbocycles. The highest BCUT2D eigenvalue weighted by Gasteiger charge is 2.35. The Bertz CT molecular complexity index is 427. The smallest absolute Gasteiger partial charge is 0.281 e. The van der Waals surface area contributed by atoms with Crippen LogP contribution in [0, 0.1) is 11.8 Å². The predicted octanol–water partition coefficient (Wildman–Crippen LogP) is 1.26. The van der Waals surface area contributed by atoms with Crippen LogP contribution >= 0.6 is 0 Å². The van der Waals surface area contributed by atoms with Gasteiger partial charge in [0.2, 0.25) is 0 Å². The van der Waals surface area contributed by atoms with Crippen molar-refractivity contribution in [3.8, 4) is 0 Å². The third-order valence-electron chi connectivity index (χ3n) is 4.30. The van der Waals surface area contributed by atoms with Gasteiger partial charge >= 0.3 is 0 Å². The van der Waals surface area contributed by atoms with Crippen LogP contribution in [0.15, 0.2) is 0 Å². The van der Waals surface area contributed by atoms with E-state index in [9.17, 15) is 13.2 Å². The Labute approximate surface area is 116 Å².